The third-order valence-electron chi connectivity index (χ3n) is 3.05. The van der Waals surface area contributed by atoms with Crippen molar-refractivity contribution < 1.29 is 44.4 Å². The normalized spacial score (nSPS) is 13.8. The first-order valence-electron chi connectivity index (χ1n) is 7.41. The van der Waals surface area contributed by atoms with Crippen LogP contribution in [-0.4, -0.2) is 88.0 Å². The number of carboxylic acid groups (broad SMARTS) is 2. The van der Waals surface area contributed by atoms with Crippen LogP contribution in [0.3, 0.4) is 0 Å². The first kappa shape index (κ1) is 23.2. The number of amides is 3. The van der Waals surface area contributed by atoms with Crippen LogP contribution >= 0.6 is 0 Å². The van der Waals surface area contributed by atoms with E-state index in [0.29, 0.717) is 0 Å². The molecular formula is C13H22N4O9. The maximum atomic E-state index is 11.9. The zero-order chi connectivity index (χ0) is 20.3. The van der Waals surface area contributed by atoms with Crippen molar-refractivity contribution in [2.45, 2.75) is 31.0 Å². The molecule has 3 atom stereocenters. The third kappa shape index (κ3) is 8.91. The molecule has 0 aliphatic heterocycles. The second-order valence-electron chi connectivity index (χ2n) is 5.14. The summed E-state index contributed by atoms with van der Waals surface area (Å²) in [6.45, 7) is -2.10. The van der Waals surface area contributed by atoms with E-state index in [9.17, 15) is 24.0 Å². The van der Waals surface area contributed by atoms with Crippen LogP contribution in [0.25, 0.3) is 0 Å². The molecule has 0 bridgehead atoms. The van der Waals surface area contributed by atoms with E-state index < -0.39 is 80.4 Å². The van der Waals surface area contributed by atoms with Gasteiger partial charge in [0.25, 0.3) is 0 Å². The van der Waals surface area contributed by atoms with Crippen molar-refractivity contribution >= 4 is 29.7 Å². The zero-order valence-electron chi connectivity index (χ0n) is 13.7. The molecule has 13 nitrogen and oxygen atoms in total. The lowest BCUT2D eigenvalue weighted by Crippen LogP contribution is -2.55. The van der Waals surface area contributed by atoms with Gasteiger partial charge in [-0.25, -0.2) is 4.79 Å². The number of aliphatic hydroxyl groups is 2. The summed E-state index contributed by atoms with van der Waals surface area (Å²) in [6, 6.07) is -4.27. The number of carboxylic acids is 2. The topological polar surface area (TPSA) is 228 Å². The van der Waals surface area contributed by atoms with Crippen LogP contribution in [0.15, 0.2) is 0 Å². The van der Waals surface area contributed by atoms with E-state index in [1.165, 1.54) is 0 Å². The fourth-order valence-electron chi connectivity index (χ4n) is 1.62. The molecule has 0 aromatic rings. The summed E-state index contributed by atoms with van der Waals surface area (Å²) in [5.74, 6) is -5.47. The third-order valence-corrected chi connectivity index (χ3v) is 3.05. The quantitative estimate of drug-likeness (QED) is 0.162. The van der Waals surface area contributed by atoms with Gasteiger partial charge < -0.3 is 42.1 Å². The lowest BCUT2D eigenvalue weighted by molar-refractivity contribution is -0.143. The van der Waals surface area contributed by atoms with Gasteiger partial charge in [-0.3, -0.25) is 19.2 Å². The van der Waals surface area contributed by atoms with E-state index in [4.69, 9.17) is 26.2 Å². The minimum absolute atomic E-state index is 0.391. The highest BCUT2D eigenvalue weighted by atomic mass is 16.4. The molecule has 0 aromatic carbocycles. The molecule has 0 fully saturated rings. The van der Waals surface area contributed by atoms with Crippen molar-refractivity contribution in [1.82, 2.24) is 16.0 Å². The van der Waals surface area contributed by atoms with E-state index in [1.54, 1.807) is 0 Å². The molecule has 0 heterocycles. The van der Waals surface area contributed by atoms with E-state index in [1.807, 2.05) is 5.32 Å². The van der Waals surface area contributed by atoms with Gasteiger partial charge in [0.15, 0.2) is 0 Å². The van der Waals surface area contributed by atoms with Crippen LogP contribution in [0, 0.1) is 0 Å². The maximum Gasteiger partial charge on any atom is 0.326 e. The summed E-state index contributed by atoms with van der Waals surface area (Å²) in [7, 11) is 0. The number of nitrogens with one attached hydrogen (secondary N) is 3. The molecule has 0 aromatic heterocycles. The highest BCUT2D eigenvalue weighted by Crippen LogP contribution is 1.99. The Hall–Kier alpha value is -2.77. The highest BCUT2D eigenvalue weighted by Gasteiger charge is 2.26. The van der Waals surface area contributed by atoms with E-state index in [2.05, 4.69) is 10.6 Å². The predicted molar refractivity (Wildman–Crippen MR) is 83.5 cm³/mol. The van der Waals surface area contributed by atoms with Crippen molar-refractivity contribution in [2.75, 3.05) is 19.8 Å². The van der Waals surface area contributed by atoms with Gasteiger partial charge in [-0.1, -0.05) is 0 Å². The van der Waals surface area contributed by atoms with Crippen molar-refractivity contribution in [3.05, 3.63) is 0 Å². The Labute approximate surface area is 147 Å². The largest absolute Gasteiger partial charge is 0.481 e. The fourth-order valence-corrected chi connectivity index (χ4v) is 1.62. The molecule has 9 N–H and O–H groups in total. The maximum absolute atomic E-state index is 11.9. The zero-order valence-corrected chi connectivity index (χ0v) is 13.7. The molecule has 0 saturated carbocycles. The van der Waals surface area contributed by atoms with E-state index in [-0.39, 0.29) is 0 Å². The number of nitrogens with two attached hydrogens (primary N) is 1. The average molecular weight is 378 g/mol. The summed E-state index contributed by atoms with van der Waals surface area (Å²) < 4.78 is 0. The molecule has 0 spiro atoms. The molecule has 0 radical (unpaired) electrons. The monoisotopic (exact) mass is 378 g/mol. The first-order chi connectivity index (χ1) is 12.1. The number of carbonyl (C=O) groups excluding carboxylic acids is 3. The fraction of sp³-hybridized carbons (Fsp3) is 0.615. The number of hydrogen-bond donors (Lipinski definition) is 8. The Morgan fingerprint density at radius 1 is 0.885 bits per heavy atom. The molecule has 3 unspecified atom stereocenters. The van der Waals surface area contributed by atoms with Gasteiger partial charge in [-0.15, -0.1) is 0 Å². The second kappa shape index (κ2) is 11.7. The highest BCUT2D eigenvalue weighted by molar-refractivity contribution is 5.92. The number of rotatable bonds is 12. The molecule has 0 aliphatic carbocycles. The van der Waals surface area contributed by atoms with Gasteiger partial charge in [-0.05, 0) is 6.42 Å². The van der Waals surface area contributed by atoms with Gasteiger partial charge in [-0.2, -0.15) is 0 Å². The molecule has 0 saturated heterocycles. The van der Waals surface area contributed by atoms with Gasteiger partial charge in [0.2, 0.25) is 17.7 Å². The van der Waals surface area contributed by atoms with Crippen LogP contribution < -0.4 is 21.7 Å². The lowest BCUT2D eigenvalue weighted by Gasteiger charge is -2.20. The van der Waals surface area contributed by atoms with Crippen LogP contribution in [-0.2, 0) is 24.0 Å². The average Bonchev–Trinajstić information content (AvgIpc) is 2.59. The molecule has 148 valence electrons. The van der Waals surface area contributed by atoms with Crippen molar-refractivity contribution in [2.24, 2.45) is 5.73 Å². The van der Waals surface area contributed by atoms with Crippen molar-refractivity contribution in [3.8, 4) is 0 Å². The van der Waals surface area contributed by atoms with Crippen LogP contribution in [0.2, 0.25) is 0 Å². The Morgan fingerprint density at radius 3 is 1.96 bits per heavy atom. The molecule has 0 rings (SSSR count). The SMILES string of the molecule is NC(CO)C(=O)NCC(=O)NC(CO)C(=O)NC(CCC(=O)O)C(=O)O. The molecule has 3 amide bonds. The lowest BCUT2D eigenvalue weighted by atomic mass is 10.1. The van der Waals surface area contributed by atoms with Crippen molar-refractivity contribution in [1.29, 1.82) is 0 Å². The van der Waals surface area contributed by atoms with Crippen LogP contribution in [0.5, 0.6) is 0 Å². The smallest absolute Gasteiger partial charge is 0.326 e. The summed E-state index contributed by atoms with van der Waals surface area (Å²) in [4.78, 5) is 56.4. The van der Waals surface area contributed by atoms with Gasteiger partial charge in [0, 0.05) is 6.42 Å². The standard InChI is InChI=1S/C13H22N4O9/c14-6(4-18)11(23)15-3-9(20)16-8(5-19)12(24)17-7(13(25)26)1-2-10(21)22/h6-8,18-19H,1-5,14H2,(H,15,23)(H,16,20)(H,17,24)(H,21,22)(H,25,26). The summed E-state index contributed by atoms with van der Waals surface area (Å²) in [5.41, 5.74) is 5.22. The number of aliphatic hydroxyl groups excluding tert-OH is 2. The number of hydrogen-bond acceptors (Lipinski definition) is 8. The summed E-state index contributed by atoms with van der Waals surface area (Å²) in [5, 5.41) is 41.5. The molecule has 26 heavy (non-hydrogen) atoms. The minimum Gasteiger partial charge on any atom is -0.481 e. The Kier molecular flexibility index (Phi) is 10.5. The van der Waals surface area contributed by atoms with Crippen molar-refractivity contribution in [3.63, 3.8) is 0 Å². The van der Waals surface area contributed by atoms with E-state index in [0.717, 1.165) is 0 Å². The van der Waals surface area contributed by atoms with Crippen LogP contribution in [0.1, 0.15) is 12.8 Å². The number of carbonyl (C=O) groups is 5. The van der Waals surface area contributed by atoms with E-state index >= 15 is 0 Å². The van der Waals surface area contributed by atoms with Gasteiger partial charge in [0.1, 0.15) is 18.1 Å². The molecule has 0 aliphatic rings. The van der Waals surface area contributed by atoms with Crippen LogP contribution in [0.4, 0.5) is 0 Å². The Balaban J connectivity index is 4.62. The summed E-state index contributed by atoms with van der Waals surface area (Å²) in [6.07, 6.45) is -0.901. The Morgan fingerprint density at radius 2 is 1.50 bits per heavy atom. The first-order valence-corrected chi connectivity index (χ1v) is 7.41. The molecular weight excluding hydrogens is 356 g/mol. The predicted octanol–water partition coefficient (Wildman–Crippen LogP) is -4.67. The minimum atomic E-state index is -1.52. The Bertz CT molecular complexity index is 540. The second-order valence-corrected chi connectivity index (χ2v) is 5.14. The summed E-state index contributed by atoms with van der Waals surface area (Å²) >= 11 is 0. The van der Waals surface area contributed by atoms with Gasteiger partial charge >= 0.3 is 11.9 Å². The number of aliphatic carboxylic acids is 2. The van der Waals surface area contributed by atoms with Gasteiger partial charge in [0.05, 0.1) is 19.8 Å². The molecule has 13 heteroatoms.